The highest BCUT2D eigenvalue weighted by atomic mass is 16.5. The summed E-state index contributed by atoms with van der Waals surface area (Å²) in [6.45, 7) is 5.45. The van der Waals surface area contributed by atoms with E-state index in [2.05, 4.69) is 45.1 Å². The molecule has 2 fully saturated rings. The van der Waals surface area contributed by atoms with Gasteiger partial charge in [0.2, 0.25) is 0 Å². The molecule has 2 aliphatic rings. The molecule has 1 aromatic carbocycles. The molecule has 7 nitrogen and oxygen atoms in total. The van der Waals surface area contributed by atoms with Crippen LogP contribution in [-0.2, 0) is 4.74 Å². The van der Waals surface area contributed by atoms with Gasteiger partial charge in [0.15, 0.2) is 5.82 Å². The lowest BCUT2D eigenvalue weighted by atomic mass is 9.98. The molecule has 2 saturated heterocycles. The third kappa shape index (κ3) is 4.59. The van der Waals surface area contributed by atoms with E-state index in [4.69, 9.17) is 14.7 Å². The Morgan fingerprint density at radius 3 is 2.38 bits per heavy atom. The van der Waals surface area contributed by atoms with Crippen molar-refractivity contribution in [1.29, 1.82) is 0 Å². The van der Waals surface area contributed by atoms with Gasteiger partial charge in [-0.05, 0) is 43.0 Å². The molecule has 0 saturated carbocycles. The maximum absolute atomic E-state index is 9.49. The summed E-state index contributed by atoms with van der Waals surface area (Å²) in [4.78, 5) is 18.7. The number of hydrogen-bond donors (Lipinski definition) is 1. The summed E-state index contributed by atoms with van der Waals surface area (Å²) in [6, 6.07) is 14.6. The molecule has 166 valence electrons. The normalized spacial score (nSPS) is 17.5. The third-order valence-electron chi connectivity index (χ3n) is 6.37. The first-order valence-electron chi connectivity index (χ1n) is 11.4. The lowest BCUT2D eigenvalue weighted by Crippen LogP contribution is -2.36. The van der Waals surface area contributed by atoms with Gasteiger partial charge in [-0.1, -0.05) is 12.1 Å². The van der Waals surface area contributed by atoms with E-state index in [0.717, 1.165) is 74.9 Å². The molecular weight excluding hydrogens is 402 g/mol. The van der Waals surface area contributed by atoms with E-state index >= 15 is 0 Å². The molecule has 3 aromatic rings. The van der Waals surface area contributed by atoms with Crippen molar-refractivity contribution < 1.29 is 9.84 Å². The van der Waals surface area contributed by atoms with Crippen molar-refractivity contribution in [2.75, 3.05) is 55.8 Å². The Bertz CT molecular complexity index is 1010. The lowest BCUT2D eigenvalue weighted by molar-refractivity contribution is 0.122. The number of benzene rings is 1. The molecule has 0 amide bonds. The van der Waals surface area contributed by atoms with Crippen LogP contribution in [-0.4, -0.2) is 66.1 Å². The molecule has 0 atom stereocenters. The van der Waals surface area contributed by atoms with Crippen molar-refractivity contribution in [3.63, 3.8) is 0 Å². The fourth-order valence-electron chi connectivity index (χ4n) is 4.38. The van der Waals surface area contributed by atoms with Gasteiger partial charge in [0, 0.05) is 68.1 Å². The summed E-state index contributed by atoms with van der Waals surface area (Å²) in [5, 5.41) is 9.49. The minimum atomic E-state index is 0.263. The first-order chi connectivity index (χ1) is 15.8. The van der Waals surface area contributed by atoms with Gasteiger partial charge in [0.25, 0.3) is 0 Å². The zero-order chi connectivity index (χ0) is 21.8. The topological polar surface area (TPSA) is 74.6 Å². The van der Waals surface area contributed by atoms with E-state index in [-0.39, 0.29) is 6.61 Å². The second-order valence-corrected chi connectivity index (χ2v) is 8.44. The van der Waals surface area contributed by atoms with E-state index < -0.39 is 0 Å². The highest BCUT2D eigenvalue weighted by Gasteiger charge is 2.21. The van der Waals surface area contributed by atoms with Crippen LogP contribution in [0.25, 0.3) is 22.6 Å². The second-order valence-electron chi connectivity index (χ2n) is 8.44. The molecular formula is C25H29N5O2. The Balaban J connectivity index is 1.47. The Morgan fingerprint density at radius 1 is 0.906 bits per heavy atom. The number of piperidine rings is 1. The number of aliphatic hydroxyl groups excluding tert-OH is 1. The van der Waals surface area contributed by atoms with Crippen molar-refractivity contribution >= 4 is 11.5 Å². The Hall–Kier alpha value is -3.03. The van der Waals surface area contributed by atoms with E-state index in [1.807, 2.05) is 18.3 Å². The fraction of sp³-hybridized carbons (Fsp3) is 0.400. The summed E-state index contributed by atoms with van der Waals surface area (Å²) >= 11 is 0. The van der Waals surface area contributed by atoms with Crippen molar-refractivity contribution in [3.05, 3.63) is 54.9 Å². The van der Waals surface area contributed by atoms with Crippen LogP contribution in [0.3, 0.4) is 0 Å². The summed E-state index contributed by atoms with van der Waals surface area (Å²) < 4.78 is 5.47. The summed E-state index contributed by atoms with van der Waals surface area (Å²) in [5.41, 5.74) is 4.10. The fourth-order valence-corrected chi connectivity index (χ4v) is 4.38. The van der Waals surface area contributed by atoms with E-state index in [1.165, 1.54) is 5.69 Å². The number of ether oxygens (including phenoxy) is 1. The summed E-state index contributed by atoms with van der Waals surface area (Å²) in [6.07, 6.45) is 5.53. The highest BCUT2D eigenvalue weighted by Crippen LogP contribution is 2.29. The summed E-state index contributed by atoms with van der Waals surface area (Å²) in [7, 11) is 0. The minimum absolute atomic E-state index is 0.263. The molecule has 4 heterocycles. The molecule has 0 aliphatic carbocycles. The molecule has 0 radical (unpaired) electrons. The molecule has 7 heteroatoms. The van der Waals surface area contributed by atoms with Crippen LogP contribution in [0.15, 0.2) is 54.9 Å². The SMILES string of the molecule is OCC1CCN(c2cc(-c3ccc(N4CCOCC4)cc3)nc(-c3cccnc3)n2)CC1. The van der Waals surface area contributed by atoms with Gasteiger partial charge >= 0.3 is 0 Å². The monoisotopic (exact) mass is 431 g/mol. The standard InChI is InChI=1S/C25H29N5O2/c31-18-19-7-10-30(11-8-19)24-16-23(27-25(28-24)21-2-1-9-26-17-21)20-3-5-22(6-4-20)29-12-14-32-15-13-29/h1-6,9,16-17,19,31H,7-8,10-15,18H2. The molecule has 1 N–H and O–H groups in total. The number of anilines is 2. The van der Waals surface area contributed by atoms with Crippen LogP contribution in [0, 0.1) is 5.92 Å². The lowest BCUT2D eigenvalue weighted by Gasteiger charge is -2.32. The number of pyridine rings is 1. The smallest absolute Gasteiger partial charge is 0.163 e. The zero-order valence-corrected chi connectivity index (χ0v) is 18.2. The molecule has 2 aliphatic heterocycles. The van der Waals surface area contributed by atoms with Gasteiger partial charge in [-0.3, -0.25) is 4.98 Å². The van der Waals surface area contributed by atoms with Crippen molar-refractivity contribution in [3.8, 4) is 22.6 Å². The van der Waals surface area contributed by atoms with E-state index in [0.29, 0.717) is 11.7 Å². The predicted octanol–water partition coefficient (Wildman–Crippen LogP) is 3.25. The first kappa shape index (κ1) is 20.8. The number of nitrogens with zero attached hydrogens (tertiary/aromatic N) is 5. The molecule has 32 heavy (non-hydrogen) atoms. The van der Waals surface area contributed by atoms with Gasteiger partial charge in [0.1, 0.15) is 5.82 Å². The summed E-state index contributed by atoms with van der Waals surface area (Å²) in [5.74, 6) is 2.01. The van der Waals surface area contributed by atoms with Crippen molar-refractivity contribution in [2.24, 2.45) is 5.92 Å². The average Bonchev–Trinajstić information content (AvgIpc) is 2.89. The quantitative estimate of drug-likeness (QED) is 0.665. The average molecular weight is 432 g/mol. The zero-order valence-electron chi connectivity index (χ0n) is 18.2. The third-order valence-corrected chi connectivity index (χ3v) is 6.37. The highest BCUT2D eigenvalue weighted by molar-refractivity contribution is 5.69. The van der Waals surface area contributed by atoms with Gasteiger partial charge in [-0.15, -0.1) is 0 Å². The Kier molecular flexibility index (Phi) is 6.27. The van der Waals surface area contributed by atoms with Crippen LogP contribution < -0.4 is 9.80 Å². The molecule has 2 aromatic heterocycles. The second kappa shape index (κ2) is 9.63. The Morgan fingerprint density at radius 2 is 1.69 bits per heavy atom. The predicted molar refractivity (Wildman–Crippen MR) is 126 cm³/mol. The van der Waals surface area contributed by atoms with Gasteiger partial charge < -0.3 is 19.6 Å². The number of rotatable bonds is 5. The van der Waals surface area contributed by atoms with Crippen LogP contribution in [0.2, 0.25) is 0 Å². The van der Waals surface area contributed by atoms with Gasteiger partial charge in [-0.2, -0.15) is 0 Å². The van der Waals surface area contributed by atoms with Crippen LogP contribution in [0.5, 0.6) is 0 Å². The Labute approximate surface area is 188 Å². The van der Waals surface area contributed by atoms with E-state index in [9.17, 15) is 5.11 Å². The van der Waals surface area contributed by atoms with Crippen LogP contribution in [0.4, 0.5) is 11.5 Å². The minimum Gasteiger partial charge on any atom is -0.396 e. The van der Waals surface area contributed by atoms with Crippen LogP contribution >= 0.6 is 0 Å². The maximum Gasteiger partial charge on any atom is 0.163 e. The largest absolute Gasteiger partial charge is 0.396 e. The molecule has 0 spiro atoms. The molecule has 5 rings (SSSR count). The maximum atomic E-state index is 9.49. The van der Waals surface area contributed by atoms with Crippen LogP contribution in [0.1, 0.15) is 12.8 Å². The first-order valence-corrected chi connectivity index (χ1v) is 11.4. The van der Waals surface area contributed by atoms with E-state index in [1.54, 1.807) is 6.20 Å². The van der Waals surface area contributed by atoms with Gasteiger partial charge in [-0.25, -0.2) is 9.97 Å². The number of aliphatic hydroxyl groups is 1. The van der Waals surface area contributed by atoms with Crippen molar-refractivity contribution in [1.82, 2.24) is 15.0 Å². The number of aromatic nitrogens is 3. The van der Waals surface area contributed by atoms with Crippen molar-refractivity contribution in [2.45, 2.75) is 12.8 Å². The molecule has 0 unspecified atom stereocenters. The molecule has 0 bridgehead atoms. The number of morpholine rings is 1. The van der Waals surface area contributed by atoms with Gasteiger partial charge in [0.05, 0.1) is 18.9 Å². The number of hydrogen-bond acceptors (Lipinski definition) is 7.